The number of carbonyl (C=O) groups is 2. The molecule has 1 aliphatic heterocycles. The lowest BCUT2D eigenvalue weighted by Gasteiger charge is -2.26. The third-order valence-electron chi connectivity index (χ3n) is 5.33. The maximum Gasteiger partial charge on any atom is 0.254 e. The number of likely N-dealkylation sites (tertiary alicyclic amines) is 1. The van der Waals surface area contributed by atoms with E-state index in [2.05, 4.69) is 16.8 Å². The van der Waals surface area contributed by atoms with Crippen LogP contribution in [0.15, 0.2) is 36.0 Å². The Morgan fingerprint density at radius 3 is 2.55 bits per heavy atom. The van der Waals surface area contributed by atoms with Crippen LogP contribution in [0, 0.1) is 0 Å². The summed E-state index contributed by atoms with van der Waals surface area (Å²) >= 11 is 0. The van der Waals surface area contributed by atoms with Crippen molar-refractivity contribution in [2.45, 2.75) is 58.6 Å². The highest BCUT2D eigenvalue weighted by molar-refractivity contribution is 6.03. The molecule has 0 aromatic rings. The van der Waals surface area contributed by atoms with Gasteiger partial charge < -0.3 is 20.1 Å². The summed E-state index contributed by atoms with van der Waals surface area (Å²) < 4.78 is 5.25. The summed E-state index contributed by atoms with van der Waals surface area (Å²) in [6.07, 6.45) is 7.82. The number of methoxy groups -OCH3 is 1. The summed E-state index contributed by atoms with van der Waals surface area (Å²) in [6, 6.07) is 0.314. The minimum absolute atomic E-state index is 0.130. The lowest BCUT2D eigenvalue weighted by molar-refractivity contribution is -0.127. The van der Waals surface area contributed by atoms with E-state index in [-0.39, 0.29) is 12.5 Å². The fraction of sp³-hybridized carbons (Fsp3) is 0.667. The number of hydrogen-bond acceptors (Lipinski definition) is 5. The van der Waals surface area contributed by atoms with Crippen LogP contribution in [0.2, 0.25) is 0 Å². The summed E-state index contributed by atoms with van der Waals surface area (Å²) in [6.45, 7) is 13.1. The number of aliphatic hydroxyl groups is 1. The second kappa shape index (κ2) is 14.9. The number of allylic oxidation sites excluding steroid dienone is 2. The standard InChI is InChI=1S/C24H41N3O4/c1-6-11-26(12-7-2)24(30)20(14-19(4)8-3)15-23(29)25-16-22(28)17-27-13-9-10-21(27)18-31-5/h8,14-15,21-22,28H,3,6-7,9-13,16-18H2,1-2,4-5H3,(H,25,29)/b19-14-,20-15+. The highest BCUT2D eigenvalue weighted by Gasteiger charge is 2.26. The molecule has 0 aromatic carbocycles. The summed E-state index contributed by atoms with van der Waals surface area (Å²) in [5, 5.41) is 13.1. The predicted molar refractivity (Wildman–Crippen MR) is 125 cm³/mol. The SMILES string of the molecule is C=C/C(C)=C\C(=C/C(=O)NCC(O)CN1CCCC1COC)C(=O)N(CCC)CCC. The maximum atomic E-state index is 13.0. The van der Waals surface area contributed by atoms with Gasteiger partial charge in [0, 0.05) is 51.0 Å². The predicted octanol–water partition coefficient (Wildman–Crippen LogP) is 2.28. The molecule has 0 saturated carbocycles. The summed E-state index contributed by atoms with van der Waals surface area (Å²) in [7, 11) is 1.68. The molecular formula is C24H41N3O4. The molecule has 0 bridgehead atoms. The molecule has 0 aliphatic carbocycles. The number of ether oxygens (including phenoxy) is 1. The molecule has 1 fully saturated rings. The number of aliphatic hydroxyl groups excluding tert-OH is 1. The number of rotatable bonds is 14. The van der Waals surface area contributed by atoms with Crippen LogP contribution in [0.4, 0.5) is 0 Å². The number of carbonyl (C=O) groups excluding carboxylic acids is 2. The average molecular weight is 436 g/mol. The van der Waals surface area contributed by atoms with Gasteiger partial charge in [0.1, 0.15) is 0 Å². The van der Waals surface area contributed by atoms with Crippen LogP contribution < -0.4 is 5.32 Å². The van der Waals surface area contributed by atoms with Gasteiger partial charge in [0.2, 0.25) is 5.91 Å². The molecule has 0 radical (unpaired) electrons. The fourth-order valence-corrected chi connectivity index (χ4v) is 3.77. The van der Waals surface area contributed by atoms with E-state index in [0.717, 1.165) is 37.8 Å². The molecule has 0 spiro atoms. The number of β-amino-alcohol motifs (C(OH)–C–C–N with tert-alkyl or cyclic N) is 1. The van der Waals surface area contributed by atoms with E-state index in [1.54, 1.807) is 24.2 Å². The van der Waals surface area contributed by atoms with Gasteiger partial charge in [-0.2, -0.15) is 0 Å². The molecule has 1 heterocycles. The minimum Gasteiger partial charge on any atom is -0.390 e. The van der Waals surface area contributed by atoms with Crippen LogP contribution in [0.3, 0.4) is 0 Å². The Labute approximate surface area is 187 Å². The van der Waals surface area contributed by atoms with Crippen LogP contribution in [-0.2, 0) is 14.3 Å². The quantitative estimate of drug-likeness (QED) is 0.323. The highest BCUT2D eigenvalue weighted by atomic mass is 16.5. The van der Waals surface area contributed by atoms with Gasteiger partial charge in [-0.15, -0.1) is 0 Å². The van der Waals surface area contributed by atoms with E-state index in [4.69, 9.17) is 4.74 Å². The van der Waals surface area contributed by atoms with Crippen molar-refractivity contribution in [2.24, 2.45) is 0 Å². The van der Waals surface area contributed by atoms with Crippen molar-refractivity contribution < 1.29 is 19.4 Å². The number of nitrogens with one attached hydrogen (secondary N) is 1. The van der Waals surface area contributed by atoms with Gasteiger partial charge >= 0.3 is 0 Å². The minimum atomic E-state index is -0.684. The first-order valence-electron chi connectivity index (χ1n) is 11.4. The van der Waals surface area contributed by atoms with Gasteiger partial charge in [-0.25, -0.2) is 0 Å². The molecule has 1 saturated heterocycles. The zero-order valence-corrected chi connectivity index (χ0v) is 19.7. The van der Waals surface area contributed by atoms with Crippen molar-refractivity contribution in [2.75, 3.05) is 46.4 Å². The van der Waals surface area contributed by atoms with E-state index in [0.29, 0.717) is 37.9 Å². The van der Waals surface area contributed by atoms with Gasteiger partial charge in [-0.05, 0) is 45.2 Å². The molecule has 7 heteroatoms. The molecule has 176 valence electrons. The number of amides is 2. The van der Waals surface area contributed by atoms with E-state index in [1.165, 1.54) is 6.08 Å². The zero-order valence-electron chi connectivity index (χ0n) is 19.7. The first kappa shape index (κ1) is 27.1. The molecule has 2 atom stereocenters. The Hall–Kier alpha value is -1.96. The average Bonchev–Trinajstić information content (AvgIpc) is 3.17. The van der Waals surface area contributed by atoms with Crippen LogP contribution in [0.1, 0.15) is 46.5 Å². The van der Waals surface area contributed by atoms with Gasteiger partial charge in [0.05, 0.1) is 12.7 Å². The van der Waals surface area contributed by atoms with Crippen LogP contribution in [-0.4, -0.2) is 85.3 Å². The first-order valence-corrected chi connectivity index (χ1v) is 11.4. The first-order chi connectivity index (χ1) is 14.9. The molecule has 0 aromatic heterocycles. The summed E-state index contributed by atoms with van der Waals surface area (Å²) in [5.41, 5.74) is 1.13. The van der Waals surface area contributed by atoms with Gasteiger partial charge in [0.15, 0.2) is 0 Å². The Bertz CT molecular complexity index is 639. The van der Waals surface area contributed by atoms with E-state index in [1.807, 2.05) is 20.8 Å². The van der Waals surface area contributed by atoms with Crippen LogP contribution >= 0.6 is 0 Å². The van der Waals surface area contributed by atoms with Crippen molar-refractivity contribution in [3.05, 3.63) is 36.0 Å². The van der Waals surface area contributed by atoms with E-state index in [9.17, 15) is 14.7 Å². The molecule has 31 heavy (non-hydrogen) atoms. The summed E-state index contributed by atoms with van der Waals surface area (Å²) in [4.78, 5) is 29.5. The Balaban J connectivity index is 2.77. The lowest BCUT2D eigenvalue weighted by atomic mass is 10.1. The highest BCUT2D eigenvalue weighted by Crippen LogP contribution is 2.17. The van der Waals surface area contributed by atoms with Crippen LogP contribution in [0.5, 0.6) is 0 Å². The van der Waals surface area contributed by atoms with E-state index < -0.39 is 12.0 Å². The molecule has 2 amide bonds. The maximum absolute atomic E-state index is 13.0. The van der Waals surface area contributed by atoms with Crippen LogP contribution in [0.25, 0.3) is 0 Å². The molecule has 1 rings (SSSR count). The third-order valence-corrected chi connectivity index (χ3v) is 5.33. The van der Waals surface area contributed by atoms with Gasteiger partial charge in [0.25, 0.3) is 5.91 Å². The van der Waals surface area contributed by atoms with Gasteiger partial charge in [-0.1, -0.05) is 32.1 Å². The molecule has 2 N–H and O–H groups in total. The zero-order chi connectivity index (χ0) is 23.2. The molecular weight excluding hydrogens is 394 g/mol. The third kappa shape index (κ3) is 9.80. The van der Waals surface area contributed by atoms with Crippen molar-refractivity contribution in [3.63, 3.8) is 0 Å². The Kier molecular flexibility index (Phi) is 13.1. The number of hydrogen-bond donors (Lipinski definition) is 2. The fourth-order valence-electron chi connectivity index (χ4n) is 3.77. The Morgan fingerprint density at radius 2 is 1.97 bits per heavy atom. The van der Waals surface area contributed by atoms with Crippen molar-refractivity contribution in [1.29, 1.82) is 0 Å². The molecule has 7 nitrogen and oxygen atoms in total. The topological polar surface area (TPSA) is 82.1 Å². The normalized spacial score (nSPS) is 18.7. The monoisotopic (exact) mass is 435 g/mol. The van der Waals surface area contributed by atoms with Gasteiger partial charge in [-0.3, -0.25) is 14.5 Å². The Morgan fingerprint density at radius 1 is 1.29 bits per heavy atom. The molecule has 1 aliphatic rings. The van der Waals surface area contributed by atoms with Crippen molar-refractivity contribution in [1.82, 2.24) is 15.1 Å². The van der Waals surface area contributed by atoms with E-state index >= 15 is 0 Å². The largest absolute Gasteiger partial charge is 0.390 e. The van der Waals surface area contributed by atoms with Crippen molar-refractivity contribution in [3.8, 4) is 0 Å². The van der Waals surface area contributed by atoms with Crippen molar-refractivity contribution >= 4 is 11.8 Å². The smallest absolute Gasteiger partial charge is 0.254 e. The second-order valence-corrected chi connectivity index (χ2v) is 8.13. The molecule has 2 unspecified atom stereocenters. The second-order valence-electron chi connectivity index (χ2n) is 8.13. The number of nitrogens with zero attached hydrogens (tertiary/aromatic N) is 2. The lowest BCUT2D eigenvalue weighted by Crippen LogP contribution is -2.43. The summed E-state index contributed by atoms with van der Waals surface area (Å²) in [5.74, 6) is -0.557.